The summed E-state index contributed by atoms with van der Waals surface area (Å²) in [4.78, 5) is 13.0. The van der Waals surface area contributed by atoms with E-state index in [0.717, 1.165) is 29.3 Å². The predicted molar refractivity (Wildman–Crippen MR) is 89.2 cm³/mol. The summed E-state index contributed by atoms with van der Waals surface area (Å²) in [6, 6.07) is 3.69. The lowest BCUT2D eigenvalue weighted by molar-refractivity contribution is 0.442. The highest BCUT2D eigenvalue weighted by Crippen LogP contribution is 2.29. The molecule has 3 heterocycles. The van der Waals surface area contributed by atoms with E-state index < -0.39 is 0 Å². The maximum atomic E-state index is 5.88. The van der Waals surface area contributed by atoms with E-state index in [9.17, 15) is 0 Å². The number of halogens is 1. The molecule has 0 aliphatic carbocycles. The van der Waals surface area contributed by atoms with Crippen LogP contribution < -0.4 is 5.32 Å². The van der Waals surface area contributed by atoms with Gasteiger partial charge in [0.25, 0.3) is 0 Å². The first kappa shape index (κ1) is 14.8. The third kappa shape index (κ3) is 3.04. The number of nitrogens with zero attached hydrogens (tertiary/aromatic N) is 4. The van der Waals surface area contributed by atoms with Crippen molar-refractivity contribution in [3.63, 3.8) is 0 Å². The van der Waals surface area contributed by atoms with Crippen molar-refractivity contribution in [1.29, 1.82) is 0 Å². The molecule has 0 saturated carbocycles. The van der Waals surface area contributed by atoms with Gasteiger partial charge in [0.1, 0.15) is 16.7 Å². The van der Waals surface area contributed by atoms with Gasteiger partial charge >= 0.3 is 0 Å². The first-order valence-electron chi connectivity index (χ1n) is 7.12. The molecule has 0 amide bonds. The predicted octanol–water partition coefficient (Wildman–Crippen LogP) is 3.90. The molecule has 22 heavy (non-hydrogen) atoms. The highest BCUT2D eigenvalue weighted by molar-refractivity contribution is 6.29. The number of nitrogens with one attached hydrogen (secondary N) is 1. The Bertz CT molecular complexity index is 786. The number of rotatable bonds is 3. The molecule has 5 nitrogen and oxygen atoms in total. The number of fused-ring (bicyclic) bond motifs is 1. The molecule has 0 aliphatic heterocycles. The summed E-state index contributed by atoms with van der Waals surface area (Å²) in [6.07, 6.45) is 7.13. The number of hydrogen-bond donors (Lipinski definition) is 1. The second-order valence-corrected chi connectivity index (χ2v) is 6.78. The van der Waals surface area contributed by atoms with E-state index in [-0.39, 0.29) is 5.41 Å². The lowest BCUT2D eigenvalue weighted by atomic mass is 9.97. The topological polar surface area (TPSA) is 55.1 Å². The third-order valence-electron chi connectivity index (χ3n) is 3.22. The van der Waals surface area contributed by atoms with Gasteiger partial charge in [0, 0.05) is 30.7 Å². The molecule has 3 rings (SSSR count). The van der Waals surface area contributed by atoms with Crippen molar-refractivity contribution in [1.82, 2.24) is 19.4 Å². The zero-order chi connectivity index (χ0) is 15.7. The summed E-state index contributed by atoms with van der Waals surface area (Å²) in [7, 11) is 0. The minimum Gasteiger partial charge on any atom is -0.369 e. The Morgan fingerprint density at radius 1 is 1.23 bits per heavy atom. The van der Waals surface area contributed by atoms with E-state index in [0.29, 0.717) is 5.15 Å². The molecule has 114 valence electrons. The molecule has 3 aromatic heterocycles. The van der Waals surface area contributed by atoms with Crippen molar-refractivity contribution in [2.75, 3.05) is 11.9 Å². The van der Waals surface area contributed by atoms with Crippen LogP contribution in [0, 0.1) is 5.41 Å². The molecule has 0 radical (unpaired) electrons. The quantitative estimate of drug-likeness (QED) is 0.745. The largest absolute Gasteiger partial charge is 0.369 e. The highest BCUT2D eigenvalue weighted by atomic mass is 35.5. The summed E-state index contributed by atoms with van der Waals surface area (Å²) < 4.78 is 2.00. The first-order chi connectivity index (χ1) is 10.4. The smallest absolute Gasteiger partial charge is 0.157 e. The first-order valence-corrected chi connectivity index (χ1v) is 7.50. The van der Waals surface area contributed by atoms with Crippen LogP contribution in [0.5, 0.6) is 0 Å². The summed E-state index contributed by atoms with van der Waals surface area (Å²) in [6.45, 7) is 7.40. The van der Waals surface area contributed by atoms with Gasteiger partial charge in [0.05, 0.1) is 6.20 Å². The summed E-state index contributed by atoms with van der Waals surface area (Å²) in [5.74, 6) is 0.941. The van der Waals surface area contributed by atoms with Crippen LogP contribution in [0.1, 0.15) is 20.8 Å². The lowest BCUT2D eigenvalue weighted by Crippen LogP contribution is -2.20. The van der Waals surface area contributed by atoms with Crippen LogP contribution in [0.25, 0.3) is 16.9 Å². The molecule has 0 saturated heterocycles. The molecule has 0 aliphatic rings. The Morgan fingerprint density at radius 3 is 2.73 bits per heavy atom. The molecule has 1 N–H and O–H groups in total. The second-order valence-electron chi connectivity index (χ2n) is 6.40. The molecular weight excluding hydrogens is 298 g/mol. The van der Waals surface area contributed by atoms with Crippen molar-refractivity contribution in [2.45, 2.75) is 20.8 Å². The minimum absolute atomic E-state index is 0.159. The van der Waals surface area contributed by atoms with Gasteiger partial charge in [-0.3, -0.25) is 9.38 Å². The number of imidazole rings is 1. The maximum absolute atomic E-state index is 5.88. The summed E-state index contributed by atoms with van der Waals surface area (Å²) in [5, 5.41) is 3.97. The van der Waals surface area contributed by atoms with Crippen LogP contribution >= 0.6 is 11.6 Å². The molecule has 0 fully saturated rings. The number of hydrogen-bond acceptors (Lipinski definition) is 4. The van der Waals surface area contributed by atoms with Gasteiger partial charge in [-0.2, -0.15) is 0 Å². The standard InChI is InChI=1S/C16H18ClN5/c1-16(2,3)10-20-15-14(11-4-5-12(17)19-8-11)21-13-9-18-6-7-22(13)15/h4-9,20H,10H2,1-3H3. The number of aromatic nitrogens is 4. The van der Waals surface area contributed by atoms with E-state index >= 15 is 0 Å². The van der Waals surface area contributed by atoms with Crippen molar-refractivity contribution in [3.8, 4) is 11.3 Å². The highest BCUT2D eigenvalue weighted by Gasteiger charge is 2.17. The molecule has 3 aromatic rings. The van der Waals surface area contributed by atoms with Crippen molar-refractivity contribution in [2.24, 2.45) is 5.41 Å². The fourth-order valence-corrected chi connectivity index (χ4v) is 2.25. The fraction of sp³-hybridized carbons (Fsp3) is 0.312. The average Bonchev–Trinajstić information content (AvgIpc) is 2.84. The Hall–Kier alpha value is -2.14. The van der Waals surface area contributed by atoms with E-state index in [4.69, 9.17) is 11.6 Å². The van der Waals surface area contributed by atoms with E-state index in [1.54, 1.807) is 24.7 Å². The second kappa shape index (κ2) is 5.57. The fourth-order valence-electron chi connectivity index (χ4n) is 2.14. The van der Waals surface area contributed by atoms with Gasteiger partial charge in [-0.15, -0.1) is 0 Å². The van der Waals surface area contributed by atoms with Crippen LogP contribution in [0.2, 0.25) is 5.15 Å². The summed E-state index contributed by atoms with van der Waals surface area (Å²) in [5.41, 5.74) is 2.72. The molecule has 0 bridgehead atoms. The number of pyridine rings is 1. The zero-order valence-electron chi connectivity index (χ0n) is 12.8. The molecule has 0 unspecified atom stereocenters. The van der Waals surface area contributed by atoms with Gasteiger partial charge in [-0.1, -0.05) is 32.4 Å². The minimum atomic E-state index is 0.159. The van der Waals surface area contributed by atoms with Gasteiger partial charge < -0.3 is 5.32 Å². The van der Waals surface area contributed by atoms with Gasteiger partial charge in [0.15, 0.2) is 5.65 Å². The maximum Gasteiger partial charge on any atom is 0.157 e. The van der Waals surface area contributed by atoms with Gasteiger partial charge in [-0.05, 0) is 17.5 Å². The van der Waals surface area contributed by atoms with Crippen molar-refractivity contribution < 1.29 is 0 Å². The zero-order valence-corrected chi connectivity index (χ0v) is 13.6. The van der Waals surface area contributed by atoms with Crippen LogP contribution in [0.15, 0.2) is 36.9 Å². The number of anilines is 1. The van der Waals surface area contributed by atoms with E-state index in [1.807, 2.05) is 16.7 Å². The monoisotopic (exact) mass is 315 g/mol. The van der Waals surface area contributed by atoms with Crippen molar-refractivity contribution in [3.05, 3.63) is 42.1 Å². The summed E-state index contributed by atoms with van der Waals surface area (Å²) >= 11 is 5.88. The Balaban J connectivity index is 2.10. The van der Waals surface area contributed by atoms with Crippen LogP contribution in [-0.2, 0) is 0 Å². The third-order valence-corrected chi connectivity index (χ3v) is 3.44. The molecular formula is C16H18ClN5. The van der Waals surface area contributed by atoms with E-state index in [2.05, 4.69) is 41.0 Å². The Labute approximate surface area is 134 Å². The van der Waals surface area contributed by atoms with Crippen molar-refractivity contribution >= 4 is 23.1 Å². The lowest BCUT2D eigenvalue weighted by Gasteiger charge is -2.20. The van der Waals surface area contributed by atoms with E-state index in [1.165, 1.54) is 0 Å². The Morgan fingerprint density at radius 2 is 2.05 bits per heavy atom. The van der Waals surface area contributed by atoms with Crippen LogP contribution in [-0.4, -0.2) is 25.9 Å². The SMILES string of the molecule is CC(C)(C)CNc1c(-c2ccc(Cl)nc2)nc2cnccn12. The molecule has 0 atom stereocenters. The Kier molecular flexibility index (Phi) is 3.74. The van der Waals surface area contributed by atoms with Gasteiger partial charge in [0.2, 0.25) is 0 Å². The van der Waals surface area contributed by atoms with Crippen LogP contribution in [0.3, 0.4) is 0 Å². The molecule has 0 aromatic carbocycles. The molecule has 6 heteroatoms. The molecule has 0 spiro atoms. The normalized spacial score (nSPS) is 11.8. The van der Waals surface area contributed by atoms with Crippen LogP contribution in [0.4, 0.5) is 5.82 Å². The average molecular weight is 316 g/mol. The van der Waals surface area contributed by atoms with Gasteiger partial charge in [-0.25, -0.2) is 9.97 Å².